The van der Waals surface area contributed by atoms with Crippen LogP contribution in [0.3, 0.4) is 0 Å². The summed E-state index contributed by atoms with van der Waals surface area (Å²) in [6, 6.07) is 23.2. The van der Waals surface area contributed by atoms with Crippen molar-refractivity contribution < 1.29 is 30.2 Å². The van der Waals surface area contributed by atoms with Crippen molar-refractivity contribution in [1.82, 2.24) is 9.80 Å². The summed E-state index contributed by atoms with van der Waals surface area (Å²) in [5.74, 6) is 0.376. The Balaban J connectivity index is 0.00000274. The van der Waals surface area contributed by atoms with E-state index in [9.17, 15) is 4.39 Å². The fourth-order valence-electron chi connectivity index (χ4n) is 4.00. The van der Waals surface area contributed by atoms with Crippen molar-refractivity contribution in [3.63, 3.8) is 0 Å². The van der Waals surface area contributed by atoms with Gasteiger partial charge in [0.25, 0.3) is 0 Å². The molecule has 0 N–H and O–H groups in total. The van der Waals surface area contributed by atoms with E-state index < -0.39 is 5.82 Å². The van der Waals surface area contributed by atoms with Crippen molar-refractivity contribution in [2.45, 2.75) is 19.4 Å². The van der Waals surface area contributed by atoms with E-state index in [1.807, 2.05) is 49.2 Å². The Morgan fingerprint density at radius 2 is 1.65 bits per heavy atom. The predicted molar refractivity (Wildman–Crippen MR) is 128 cm³/mol. The maximum absolute atomic E-state index is 14.3. The number of halogens is 1. The fourth-order valence-corrected chi connectivity index (χ4v) is 4.00. The summed E-state index contributed by atoms with van der Waals surface area (Å²) in [6.45, 7) is 8.30. The Bertz CT molecular complexity index is 1210. The van der Waals surface area contributed by atoms with Crippen molar-refractivity contribution >= 4 is 17.1 Å². The van der Waals surface area contributed by atoms with Gasteiger partial charge < -0.3 is 24.3 Å². The normalized spacial score (nSPS) is 16.9. The van der Waals surface area contributed by atoms with E-state index in [4.69, 9.17) is 4.74 Å². The second kappa shape index (κ2) is 9.44. The van der Waals surface area contributed by atoms with Crippen LogP contribution in [-0.4, -0.2) is 23.9 Å². The first kappa shape index (κ1) is 24.3. The van der Waals surface area contributed by atoms with E-state index in [1.165, 1.54) is 17.7 Å². The molecule has 3 aromatic carbocycles. The zero-order chi connectivity index (χ0) is 23.2. The van der Waals surface area contributed by atoms with Gasteiger partial charge in [0.15, 0.2) is 0 Å². The van der Waals surface area contributed by atoms with Gasteiger partial charge in [-0.1, -0.05) is 30.0 Å². The van der Waals surface area contributed by atoms with E-state index in [0.29, 0.717) is 11.4 Å². The number of fused-ring (bicyclic) bond motifs is 1. The summed E-state index contributed by atoms with van der Waals surface area (Å²) in [7, 11) is 3.97. The van der Waals surface area contributed by atoms with Crippen LogP contribution in [0.5, 0.6) is 11.5 Å². The van der Waals surface area contributed by atoms with Gasteiger partial charge in [0.2, 0.25) is 0 Å². The van der Waals surface area contributed by atoms with Crippen LogP contribution in [0.25, 0.3) is 0 Å². The van der Waals surface area contributed by atoms with Gasteiger partial charge >= 0.3 is 21.1 Å². The third kappa shape index (κ3) is 4.57. The van der Waals surface area contributed by atoms with Gasteiger partial charge in [-0.05, 0) is 52.0 Å². The van der Waals surface area contributed by atoms with Crippen LogP contribution in [0.2, 0.25) is 0 Å². The minimum absolute atomic E-state index is 0. The molecule has 0 radical (unpaired) electrons. The molecular weight excluding hydrogens is 610 g/mol. The molecule has 176 valence electrons. The number of hydrogen-bond acceptors (Lipinski definition) is 5. The molecule has 0 unspecified atom stereocenters. The van der Waals surface area contributed by atoms with E-state index in [0.717, 1.165) is 11.4 Å². The van der Waals surface area contributed by atoms with Gasteiger partial charge in [-0.3, -0.25) is 0 Å². The van der Waals surface area contributed by atoms with E-state index in [-0.39, 0.29) is 32.4 Å². The maximum atomic E-state index is 14.3. The third-order valence-electron chi connectivity index (χ3n) is 6.07. The number of hydrogen-bond donors (Lipinski definition) is 0. The third-order valence-corrected chi connectivity index (χ3v) is 6.07. The van der Waals surface area contributed by atoms with Crippen LogP contribution in [0, 0.1) is 31.3 Å². The van der Waals surface area contributed by atoms with Crippen molar-refractivity contribution in [3.8, 4) is 11.5 Å². The molecule has 5 rings (SSSR count). The zero-order valence-corrected chi connectivity index (χ0v) is 21.7. The number of benzene rings is 3. The first-order valence-corrected chi connectivity index (χ1v) is 10.7. The van der Waals surface area contributed by atoms with Crippen LogP contribution in [0.1, 0.15) is 19.4 Å². The number of para-hydroxylation sites is 1. The average molecular weight is 636 g/mol. The van der Waals surface area contributed by atoms with Crippen molar-refractivity contribution in [2.75, 3.05) is 23.9 Å². The molecule has 0 bridgehead atoms. The molecule has 0 amide bonds. The number of ether oxygens (including phenoxy) is 1. The molecule has 5 nitrogen and oxygen atoms in total. The monoisotopic (exact) mass is 635 g/mol. The van der Waals surface area contributed by atoms with Crippen LogP contribution >= 0.6 is 0 Å². The Labute approximate surface area is 215 Å². The Morgan fingerprint density at radius 3 is 2.41 bits per heavy atom. The largest absolute Gasteiger partial charge is 4.00 e. The summed E-state index contributed by atoms with van der Waals surface area (Å²) < 4.78 is 20.3. The first-order valence-electron chi connectivity index (χ1n) is 10.7. The Hall–Kier alpha value is -2.82. The molecule has 0 saturated heterocycles. The van der Waals surface area contributed by atoms with E-state index >= 15 is 0 Å². The summed E-state index contributed by atoms with van der Waals surface area (Å²) in [6.07, 6.45) is 3.71. The molecule has 0 spiro atoms. The summed E-state index contributed by atoms with van der Waals surface area (Å²) in [5, 5.41) is 0. The molecule has 0 atom stereocenters. The topological polar surface area (TPSA) is 22.2 Å². The van der Waals surface area contributed by atoms with Gasteiger partial charge in [-0.25, -0.2) is 4.39 Å². The molecule has 0 fully saturated rings. The molecule has 2 aliphatic heterocycles. The molecule has 2 heterocycles. The molecular formula is C27H25FN4OPt. The van der Waals surface area contributed by atoms with Crippen LogP contribution in [0.15, 0.2) is 67.0 Å². The molecule has 0 aliphatic carbocycles. The smallest absolute Gasteiger partial charge is 0.510 e. The second-order valence-corrected chi connectivity index (χ2v) is 8.71. The van der Waals surface area contributed by atoms with Gasteiger partial charge in [-0.2, -0.15) is 19.4 Å². The molecule has 3 aromatic rings. The minimum atomic E-state index is -0.395. The van der Waals surface area contributed by atoms with Gasteiger partial charge in [0, 0.05) is 28.5 Å². The van der Waals surface area contributed by atoms with Crippen LogP contribution in [0.4, 0.5) is 21.5 Å². The summed E-state index contributed by atoms with van der Waals surface area (Å²) in [4.78, 5) is 7.93. The van der Waals surface area contributed by atoms with Gasteiger partial charge in [-0.15, -0.1) is 36.0 Å². The molecule has 2 aliphatic rings. The van der Waals surface area contributed by atoms with Crippen molar-refractivity contribution in [3.05, 3.63) is 104 Å². The standard InChI is InChI=1S/C27H25FN4O.Pt/c1-27(2)25-10-5-6-11-26(25)32(19-30(27)4)21-8-7-9-23(16-21)33-24-15-20(28)14-22(17-24)31-13-12-29(3)18-31;/h5-15,18-19H,1-4H3;/q-4;+4. The minimum Gasteiger partial charge on any atom is -0.510 e. The molecule has 0 aromatic heterocycles. The Morgan fingerprint density at radius 1 is 0.882 bits per heavy atom. The number of anilines is 3. The molecule has 34 heavy (non-hydrogen) atoms. The first-order chi connectivity index (χ1) is 15.8. The van der Waals surface area contributed by atoms with Gasteiger partial charge in [0.1, 0.15) is 0 Å². The van der Waals surface area contributed by atoms with Crippen LogP contribution < -0.4 is 14.5 Å². The summed E-state index contributed by atoms with van der Waals surface area (Å²) in [5.41, 5.74) is 3.57. The predicted octanol–water partition coefficient (Wildman–Crippen LogP) is 6.00. The SMILES string of the molecule is CN1C=CN(c2[c-]c(Oc3[c-]c(N4[CH-]N(C)C(C)(C)c5ccccc54)ccc3)cc(F)c2)[CH-]1.[Pt+4]. The Kier molecular flexibility index (Phi) is 6.75. The van der Waals surface area contributed by atoms with Crippen molar-refractivity contribution in [2.24, 2.45) is 0 Å². The fraction of sp³-hybridized carbons (Fsp3) is 0.185. The van der Waals surface area contributed by atoms with E-state index in [2.05, 4.69) is 67.7 Å². The maximum Gasteiger partial charge on any atom is 4.00 e. The number of nitrogens with zero attached hydrogens (tertiary/aromatic N) is 4. The van der Waals surface area contributed by atoms with Gasteiger partial charge in [0.05, 0.1) is 0 Å². The molecule has 0 saturated carbocycles. The molecule has 7 heteroatoms. The second-order valence-electron chi connectivity index (χ2n) is 8.71. The summed E-state index contributed by atoms with van der Waals surface area (Å²) >= 11 is 0. The van der Waals surface area contributed by atoms with Crippen LogP contribution in [-0.2, 0) is 26.6 Å². The van der Waals surface area contributed by atoms with Crippen molar-refractivity contribution in [1.29, 1.82) is 0 Å². The average Bonchev–Trinajstić information content (AvgIpc) is 3.23. The number of rotatable bonds is 4. The van der Waals surface area contributed by atoms with E-state index in [1.54, 1.807) is 11.0 Å². The zero-order valence-electron chi connectivity index (χ0n) is 19.4. The quantitative estimate of drug-likeness (QED) is 0.328.